The Bertz CT molecular complexity index is 1310. The highest BCUT2D eigenvalue weighted by atomic mass is 16.2. The number of nitrogens with two attached hydrogens (primary N) is 1. The van der Waals surface area contributed by atoms with Gasteiger partial charge < -0.3 is 16.4 Å². The quantitative estimate of drug-likeness (QED) is 0.501. The van der Waals surface area contributed by atoms with Crippen molar-refractivity contribution in [2.45, 2.75) is 57.2 Å². The number of hydrogen-bond acceptors (Lipinski definition) is 5. The number of carbonyl (C=O) groups is 3. The summed E-state index contributed by atoms with van der Waals surface area (Å²) in [6, 6.07) is 15.5. The molecule has 3 unspecified atom stereocenters. The Morgan fingerprint density at radius 1 is 1.00 bits per heavy atom. The lowest BCUT2D eigenvalue weighted by molar-refractivity contribution is -0.116. The molecular weight excluding hydrogens is 466 g/mol. The van der Waals surface area contributed by atoms with Crippen molar-refractivity contribution in [3.8, 4) is 0 Å². The van der Waals surface area contributed by atoms with Crippen LogP contribution in [0.4, 0.5) is 11.4 Å². The summed E-state index contributed by atoms with van der Waals surface area (Å²) in [5.41, 5.74) is 9.97. The van der Waals surface area contributed by atoms with Crippen molar-refractivity contribution in [2.24, 2.45) is 5.73 Å². The number of nitrogens with zero attached hydrogens (tertiary/aromatic N) is 2. The molecule has 3 amide bonds. The molecule has 1 aromatic heterocycles. The van der Waals surface area contributed by atoms with Crippen LogP contribution in [0.2, 0.25) is 0 Å². The summed E-state index contributed by atoms with van der Waals surface area (Å²) in [6.45, 7) is 1.99. The Balaban J connectivity index is 1.54. The second kappa shape index (κ2) is 10.5. The van der Waals surface area contributed by atoms with Crippen LogP contribution in [0, 0.1) is 6.92 Å². The third kappa shape index (κ3) is 5.24. The lowest BCUT2D eigenvalue weighted by Gasteiger charge is -2.31. The van der Waals surface area contributed by atoms with Crippen molar-refractivity contribution < 1.29 is 14.4 Å². The smallest absolute Gasteiger partial charge is 0.259 e. The minimum atomic E-state index is -0.526. The van der Waals surface area contributed by atoms with Gasteiger partial charge in [0.1, 0.15) is 0 Å². The van der Waals surface area contributed by atoms with E-state index in [1.807, 2.05) is 31.2 Å². The van der Waals surface area contributed by atoms with Crippen molar-refractivity contribution in [3.05, 3.63) is 89.2 Å². The van der Waals surface area contributed by atoms with E-state index in [4.69, 9.17) is 5.73 Å². The molecule has 1 aliphatic heterocycles. The third-order valence-electron chi connectivity index (χ3n) is 7.23. The Labute approximate surface area is 216 Å². The monoisotopic (exact) mass is 497 g/mol. The van der Waals surface area contributed by atoms with Gasteiger partial charge in [-0.3, -0.25) is 24.3 Å². The molecule has 1 fully saturated rings. The van der Waals surface area contributed by atoms with Gasteiger partial charge >= 0.3 is 0 Å². The van der Waals surface area contributed by atoms with Crippen LogP contribution in [0.25, 0.3) is 0 Å². The fourth-order valence-corrected chi connectivity index (χ4v) is 5.15. The maximum Gasteiger partial charge on any atom is 0.259 e. The summed E-state index contributed by atoms with van der Waals surface area (Å²) in [7, 11) is 0. The van der Waals surface area contributed by atoms with E-state index >= 15 is 0 Å². The molecule has 2 heterocycles. The third-order valence-corrected chi connectivity index (χ3v) is 7.23. The molecule has 5 rings (SSSR count). The zero-order valence-corrected chi connectivity index (χ0v) is 20.8. The first-order valence-electron chi connectivity index (χ1n) is 12.7. The maximum atomic E-state index is 13.9. The largest absolute Gasteiger partial charge is 0.348 e. The molecule has 8 nitrogen and oxygen atoms in total. The summed E-state index contributed by atoms with van der Waals surface area (Å²) < 4.78 is 0. The molecule has 0 spiro atoms. The van der Waals surface area contributed by atoms with Crippen LogP contribution < -0.4 is 21.3 Å². The van der Waals surface area contributed by atoms with Gasteiger partial charge in [-0.05, 0) is 55.7 Å². The van der Waals surface area contributed by atoms with E-state index in [2.05, 4.69) is 15.6 Å². The van der Waals surface area contributed by atoms with Gasteiger partial charge in [-0.2, -0.15) is 0 Å². The summed E-state index contributed by atoms with van der Waals surface area (Å²) in [5.74, 6) is -0.731. The number of nitrogens with one attached hydrogen (secondary N) is 2. The van der Waals surface area contributed by atoms with E-state index < -0.39 is 6.04 Å². The van der Waals surface area contributed by atoms with Gasteiger partial charge in [0.25, 0.3) is 11.8 Å². The molecule has 190 valence electrons. The minimum Gasteiger partial charge on any atom is -0.348 e. The molecule has 3 aromatic rings. The first-order chi connectivity index (χ1) is 17.9. The first-order valence-corrected chi connectivity index (χ1v) is 12.7. The highest BCUT2D eigenvalue weighted by molar-refractivity contribution is 6.12. The molecule has 1 saturated carbocycles. The van der Waals surface area contributed by atoms with E-state index in [1.54, 1.807) is 47.6 Å². The van der Waals surface area contributed by atoms with Crippen molar-refractivity contribution in [1.29, 1.82) is 0 Å². The number of carbonyl (C=O) groups excluding carboxylic acids is 3. The second-order valence-electron chi connectivity index (χ2n) is 9.85. The van der Waals surface area contributed by atoms with E-state index in [9.17, 15) is 14.4 Å². The fourth-order valence-electron chi connectivity index (χ4n) is 5.15. The van der Waals surface area contributed by atoms with Gasteiger partial charge in [0.05, 0.1) is 23.8 Å². The van der Waals surface area contributed by atoms with Crippen LogP contribution in [-0.4, -0.2) is 34.8 Å². The summed E-state index contributed by atoms with van der Waals surface area (Å²) in [5, 5.41) is 5.98. The predicted octanol–water partition coefficient (Wildman–Crippen LogP) is 4.12. The molecule has 3 atom stereocenters. The van der Waals surface area contributed by atoms with Crippen molar-refractivity contribution >= 4 is 29.1 Å². The summed E-state index contributed by atoms with van der Waals surface area (Å²) in [4.78, 5) is 45.7. The van der Waals surface area contributed by atoms with Crippen LogP contribution in [0.15, 0.2) is 67.0 Å². The Hall–Kier alpha value is -4.04. The molecule has 37 heavy (non-hydrogen) atoms. The standard InChI is InChI=1S/C29H31N5O3/c1-18-6-8-19(9-7-18)26-17-27(35)32-24-16-21(28(36)33-23-5-3-2-4-22(23)30)10-11-25(24)34(26)29(37)20-12-14-31-15-13-20/h6-16,22-23,26H,2-5,17,30H2,1H3,(H,32,35)(H,33,36). The van der Waals surface area contributed by atoms with Crippen LogP contribution in [0.5, 0.6) is 0 Å². The molecule has 2 aromatic carbocycles. The molecular formula is C29H31N5O3. The average Bonchev–Trinajstić information content (AvgIpc) is 3.05. The summed E-state index contributed by atoms with van der Waals surface area (Å²) >= 11 is 0. The second-order valence-corrected chi connectivity index (χ2v) is 9.85. The molecule has 1 aliphatic carbocycles. The van der Waals surface area contributed by atoms with Crippen LogP contribution in [-0.2, 0) is 4.79 Å². The number of aryl methyl sites for hydroxylation is 1. The lowest BCUT2D eigenvalue weighted by Crippen LogP contribution is -2.49. The van der Waals surface area contributed by atoms with Crippen LogP contribution >= 0.6 is 0 Å². The Morgan fingerprint density at radius 2 is 1.73 bits per heavy atom. The van der Waals surface area contributed by atoms with E-state index in [0.717, 1.165) is 36.8 Å². The Morgan fingerprint density at radius 3 is 2.46 bits per heavy atom. The van der Waals surface area contributed by atoms with Crippen LogP contribution in [0.3, 0.4) is 0 Å². The lowest BCUT2D eigenvalue weighted by atomic mass is 9.91. The van der Waals surface area contributed by atoms with E-state index in [1.165, 1.54) is 0 Å². The highest BCUT2D eigenvalue weighted by Gasteiger charge is 2.35. The molecule has 0 bridgehead atoms. The zero-order chi connectivity index (χ0) is 25.9. The van der Waals surface area contributed by atoms with Gasteiger partial charge in [0, 0.05) is 35.6 Å². The molecule has 8 heteroatoms. The minimum absolute atomic E-state index is 0.0676. The number of fused-ring (bicyclic) bond motifs is 1. The van der Waals surface area contributed by atoms with Gasteiger partial charge in [-0.15, -0.1) is 0 Å². The molecule has 2 aliphatic rings. The predicted molar refractivity (Wildman–Crippen MR) is 142 cm³/mol. The number of anilines is 2. The zero-order valence-electron chi connectivity index (χ0n) is 20.8. The highest BCUT2D eigenvalue weighted by Crippen LogP contribution is 2.39. The normalized spacial score (nSPS) is 21.4. The fraction of sp³-hybridized carbons (Fsp3) is 0.310. The number of amides is 3. The maximum absolute atomic E-state index is 13.9. The first kappa shape index (κ1) is 24.6. The van der Waals surface area contributed by atoms with Crippen LogP contribution in [0.1, 0.15) is 70.0 Å². The number of hydrogen-bond donors (Lipinski definition) is 3. The summed E-state index contributed by atoms with van der Waals surface area (Å²) in [6.07, 6.45) is 7.05. The number of benzene rings is 2. The average molecular weight is 498 g/mol. The number of pyridine rings is 1. The molecule has 0 radical (unpaired) electrons. The Kier molecular flexibility index (Phi) is 7.01. The topological polar surface area (TPSA) is 117 Å². The number of aromatic nitrogens is 1. The van der Waals surface area contributed by atoms with E-state index in [-0.39, 0.29) is 36.2 Å². The van der Waals surface area contributed by atoms with E-state index in [0.29, 0.717) is 22.5 Å². The van der Waals surface area contributed by atoms with Gasteiger partial charge in [-0.25, -0.2) is 0 Å². The van der Waals surface area contributed by atoms with Crippen molar-refractivity contribution in [2.75, 3.05) is 10.2 Å². The van der Waals surface area contributed by atoms with Crippen molar-refractivity contribution in [1.82, 2.24) is 10.3 Å². The SMILES string of the molecule is Cc1ccc(C2CC(=O)Nc3cc(C(=O)NC4CCCCC4N)ccc3N2C(=O)c2ccncc2)cc1. The molecule has 0 saturated heterocycles. The number of rotatable bonds is 4. The van der Waals surface area contributed by atoms with Gasteiger partial charge in [-0.1, -0.05) is 42.7 Å². The molecule has 4 N–H and O–H groups in total. The van der Waals surface area contributed by atoms with Crippen molar-refractivity contribution in [3.63, 3.8) is 0 Å². The van der Waals surface area contributed by atoms with Gasteiger partial charge in [0.2, 0.25) is 5.91 Å². The van der Waals surface area contributed by atoms with Gasteiger partial charge in [0.15, 0.2) is 0 Å².